The minimum Gasteiger partial charge on any atom is -0.327 e. The van der Waals surface area contributed by atoms with Crippen LogP contribution in [0.4, 0.5) is 8.78 Å². The molecule has 1 fully saturated rings. The molecule has 0 aromatic heterocycles. The summed E-state index contributed by atoms with van der Waals surface area (Å²) < 4.78 is 27.0. The molecular formula is C12H15F2N. The first-order chi connectivity index (χ1) is 6.94. The van der Waals surface area contributed by atoms with E-state index in [0.717, 1.165) is 0 Å². The highest BCUT2D eigenvalue weighted by Gasteiger charge is 2.48. The van der Waals surface area contributed by atoms with Crippen LogP contribution in [-0.2, 0) is 0 Å². The SMILES string of the molecule is CC1(C)C(N)CC1c1c(F)cccc1F. The van der Waals surface area contributed by atoms with Gasteiger partial charge in [0.1, 0.15) is 11.6 Å². The number of halogens is 2. The number of hydrogen-bond acceptors (Lipinski definition) is 1. The number of nitrogens with two attached hydrogens (primary N) is 1. The molecule has 1 saturated carbocycles. The van der Waals surface area contributed by atoms with Crippen LogP contribution in [0.25, 0.3) is 0 Å². The molecule has 15 heavy (non-hydrogen) atoms. The predicted molar refractivity (Wildman–Crippen MR) is 55.5 cm³/mol. The molecule has 1 aromatic carbocycles. The third kappa shape index (κ3) is 1.46. The lowest BCUT2D eigenvalue weighted by atomic mass is 9.56. The van der Waals surface area contributed by atoms with Crippen LogP contribution in [0.15, 0.2) is 18.2 Å². The molecule has 2 unspecified atom stereocenters. The van der Waals surface area contributed by atoms with Crippen molar-refractivity contribution in [1.29, 1.82) is 0 Å². The summed E-state index contributed by atoms with van der Waals surface area (Å²) in [6.07, 6.45) is 0.658. The molecule has 1 nitrogen and oxygen atoms in total. The molecule has 1 aliphatic rings. The first-order valence-electron chi connectivity index (χ1n) is 5.14. The van der Waals surface area contributed by atoms with Crippen molar-refractivity contribution in [1.82, 2.24) is 0 Å². The molecule has 2 N–H and O–H groups in total. The molecule has 0 radical (unpaired) electrons. The van der Waals surface area contributed by atoms with Gasteiger partial charge in [0.25, 0.3) is 0 Å². The fourth-order valence-corrected chi connectivity index (χ4v) is 2.29. The Hall–Kier alpha value is -0.960. The Morgan fingerprint density at radius 3 is 2.20 bits per heavy atom. The van der Waals surface area contributed by atoms with Gasteiger partial charge in [-0.25, -0.2) is 8.78 Å². The van der Waals surface area contributed by atoms with E-state index in [-0.39, 0.29) is 22.9 Å². The van der Waals surface area contributed by atoms with Crippen molar-refractivity contribution < 1.29 is 8.78 Å². The lowest BCUT2D eigenvalue weighted by molar-refractivity contribution is 0.0927. The van der Waals surface area contributed by atoms with Crippen LogP contribution in [0.1, 0.15) is 31.7 Å². The zero-order chi connectivity index (χ0) is 11.2. The Labute approximate surface area is 88.3 Å². The number of rotatable bonds is 1. The molecule has 0 amide bonds. The molecule has 2 rings (SSSR count). The van der Waals surface area contributed by atoms with Crippen molar-refractivity contribution in [2.75, 3.05) is 0 Å². The molecule has 0 spiro atoms. The molecule has 1 aliphatic carbocycles. The zero-order valence-electron chi connectivity index (χ0n) is 8.93. The third-order valence-electron chi connectivity index (χ3n) is 3.69. The summed E-state index contributed by atoms with van der Waals surface area (Å²) in [5.41, 5.74) is 5.82. The quantitative estimate of drug-likeness (QED) is 0.759. The van der Waals surface area contributed by atoms with Gasteiger partial charge in [-0.3, -0.25) is 0 Å². The Kier molecular flexibility index (Phi) is 2.30. The number of benzene rings is 1. The summed E-state index contributed by atoms with van der Waals surface area (Å²) in [6.45, 7) is 3.91. The van der Waals surface area contributed by atoms with Gasteiger partial charge in [-0.1, -0.05) is 19.9 Å². The molecule has 82 valence electrons. The molecule has 1 aromatic rings. The van der Waals surface area contributed by atoms with Crippen LogP contribution in [-0.4, -0.2) is 6.04 Å². The summed E-state index contributed by atoms with van der Waals surface area (Å²) >= 11 is 0. The van der Waals surface area contributed by atoms with Crippen molar-refractivity contribution >= 4 is 0 Å². The molecule has 0 heterocycles. The summed E-state index contributed by atoms with van der Waals surface area (Å²) in [5, 5.41) is 0. The maximum Gasteiger partial charge on any atom is 0.129 e. The van der Waals surface area contributed by atoms with Gasteiger partial charge in [-0.15, -0.1) is 0 Å². The lowest BCUT2D eigenvalue weighted by Gasteiger charge is -2.50. The Morgan fingerprint density at radius 2 is 1.80 bits per heavy atom. The van der Waals surface area contributed by atoms with Gasteiger partial charge >= 0.3 is 0 Å². The van der Waals surface area contributed by atoms with E-state index in [2.05, 4.69) is 0 Å². The van der Waals surface area contributed by atoms with Crippen molar-refractivity contribution in [3.8, 4) is 0 Å². The second kappa shape index (κ2) is 3.27. The summed E-state index contributed by atoms with van der Waals surface area (Å²) in [4.78, 5) is 0. The van der Waals surface area contributed by atoms with Gasteiger partial charge in [-0.2, -0.15) is 0 Å². The molecule has 0 saturated heterocycles. The second-order valence-electron chi connectivity index (χ2n) is 4.85. The van der Waals surface area contributed by atoms with E-state index in [0.29, 0.717) is 6.42 Å². The van der Waals surface area contributed by atoms with E-state index in [9.17, 15) is 8.78 Å². The van der Waals surface area contributed by atoms with Gasteiger partial charge in [-0.05, 0) is 29.9 Å². The van der Waals surface area contributed by atoms with Gasteiger partial charge in [0.15, 0.2) is 0 Å². The smallest absolute Gasteiger partial charge is 0.129 e. The summed E-state index contributed by atoms with van der Waals surface area (Å²) in [6, 6.07) is 4.03. The standard InChI is InChI=1S/C12H15F2N/c1-12(2)7(6-10(12)15)11-8(13)4-3-5-9(11)14/h3-5,7,10H,6,15H2,1-2H3. The van der Waals surface area contributed by atoms with Crippen LogP contribution >= 0.6 is 0 Å². The lowest BCUT2D eigenvalue weighted by Crippen LogP contribution is -2.53. The molecule has 3 heteroatoms. The van der Waals surface area contributed by atoms with Gasteiger partial charge in [0.2, 0.25) is 0 Å². The van der Waals surface area contributed by atoms with E-state index in [1.807, 2.05) is 13.8 Å². The van der Waals surface area contributed by atoms with Crippen molar-refractivity contribution in [2.24, 2.45) is 11.1 Å². The molecule has 0 aliphatic heterocycles. The van der Waals surface area contributed by atoms with Crippen LogP contribution < -0.4 is 5.73 Å². The Bertz CT molecular complexity index is 367. The van der Waals surface area contributed by atoms with E-state index in [1.54, 1.807) is 0 Å². The normalized spacial score (nSPS) is 28.6. The zero-order valence-corrected chi connectivity index (χ0v) is 8.93. The molecular weight excluding hydrogens is 196 g/mol. The fourth-order valence-electron chi connectivity index (χ4n) is 2.29. The van der Waals surface area contributed by atoms with Crippen LogP contribution in [0.3, 0.4) is 0 Å². The van der Waals surface area contributed by atoms with Crippen LogP contribution in [0.2, 0.25) is 0 Å². The highest BCUT2D eigenvalue weighted by Crippen LogP contribution is 2.52. The minimum absolute atomic E-state index is 0.0292. The second-order valence-corrected chi connectivity index (χ2v) is 4.85. The maximum atomic E-state index is 13.5. The number of hydrogen-bond donors (Lipinski definition) is 1. The first kappa shape index (κ1) is 10.6. The highest BCUT2D eigenvalue weighted by molar-refractivity contribution is 5.30. The fraction of sp³-hybridized carbons (Fsp3) is 0.500. The monoisotopic (exact) mass is 211 g/mol. The van der Waals surface area contributed by atoms with Gasteiger partial charge in [0.05, 0.1) is 0 Å². The predicted octanol–water partition coefficient (Wildman–Crippen LogP) is 2.81. The Balaban J connectivity index is 2.40. The van der Waals surface area contributed by atoms with Crippen LogP contribution in [0.5, 0.6) is 0 Å². The van der Waals surface area contributed by atoms with E-state index >= 15 is 0 Å². The largest absolute Gasteiger partial charge is 0.327 e. The van der Waals surface area contributed by atoms with Crippen LogP contribution in [0, 0.1) is 17.0 Å². The average Bonchev–Trinajstić information content (AvgIpc) is 2.16. The Morgan fingerprint density at radius 1 is 1.27 bits per heavy atom. The van der Waals surface area contributed by atoms with E-state index < -0.39 is 11.6 Å². The maximum absolute atomic E-state index is 13.5. The third-order valence-corrected chi connectivity index (χ3v) is 3.69. The summed E-state index contributed by atoms with van der Waals surface area (Å²) in [5.74, 6) is -1.02. The molecule has 2 atom stereocenters. The van der Waals surface area contributed by atoms with Crippen molar-refractivity contribution in [3.63, 3.8) is 0 Å². The van der Waals surface area contributed by atoms with E-state index in [4.69, 9.17) is 5.73 Å². The highest BCUT2D eigenvalue weighted by atomic mass is 19.1. The van der Waals surface area contributed by atoms with Crippen molar-refractivity contribution in [2.45, 2.75) is 32.2 Å². The minimum atomic E-state index is -0.458. The topological polar surface area (TPSA) is 26.0 Å². The molecule has 0 bridgehead atoms. The summed E-state index contributed by atoms with van der Waals surface area (Å²) in [7, 11) is 0. The van der Waals surface area contributed by atoms with E-state index in [1.165, 1.54) is 18.2 Å². The van der Waals surface area contributed by atoms with Gasteiger partial charge in [0, 0.05) is 11.6 Å². The first-order valence-corrected chi connectivity index (χ1v) is 5.14. The van der Waals surface area contributed by atoms with Gasteiger partial charge < -0.3 is 5.73 Å². The van der Waals surface area contributed by atoms with Crippen molar-refractivity contribution in [3.05, 3.63) is 35.4 Å². The average molecular weight is 211 g/mol.